The number of likely N-dealkylation sites (N-methyl/N-ethyl adjacent to an activating group) is 2. The van der Waals surface area contributed by atoms with Crippen LogP contribution in [0.15, 0.2) is 6.20 Å². The zero-order valence-corrected chi connectivity index (χ0v) is 27.2. The monoisotopic (exact) mass is 660 g/mol. The third-order valence-corrected chi connectivity index (χ3v) is 11.6. The number of carbonyl (C=O) groups excluding carboxylic acids is 3. The van der Waals surface area contributed by atoms with Crippen LogP contribution in [0.5, 0.6) is 5.88 Å². The molecule has 1 aromatic rings. The van der Waals surface area contributed by atoms with Gasteiger partial charge in [-0.3, -0.25) is 24.4 Å². The van der Waals surface area contributed by atoms with Crippen molar-refractivity contribution in [1.29, 1.82) is 0 Å². The average Bonchev–Trinajstić information content (AvgIpc) is 3.67. The van der Waals surface area contributed by atoms with Gasteiger partial charge in [0, 0.05) is 25.8 Å². The smallest absolute Gasteiger partial charge is 0.327 e. The highest BCUT2D eigenvalue weighted by atomic mass is 32.7. The van der Waals surface area contributed by atoms with Crippen LogP contribution in [0.3, 0.4) is 0 Å². The van der Waals surface area contributed by atoms with Gasteiger partial charge >= 0.3 is 18.7 Å². The number of imide groups is 1. The Morgan fingerprint density at radius 2 is 2.05 bits per heavy atom. The van der Waals surface area contributed by atoms with Gasteiger partial charge in [-0.2, -0.15) is 4.98 Å². The Kier molecular flexibility index (Phi) is 10.7. The minimum atomic E-state index is -3.92. The van der Waals surface area contributed by atoms with Crippen LogP contribution in [0, 0.1) is 5.92 Å². The number of nitrogens with two attached hydrogens (primary N) is 1. The molecule has 3 heterocycles. The molecular weight excluding hydrogens is 619 g/mol. The normalized spacial score (nSPS) is 27.5. The van der Waals surface area contributed by atoms with Crippen LogP contribution in [0.25, 0.3) is 0 Å². The summed E-state index contributed by atoms with van der Waals surface area (Å²) in [7, 11) is 4.32. The molecule has 1 aliphatic carbocycles. The highest BCUT2D eigenvalue weighted by Gasteiger charge is 2.56. The molecule has 2 saturated heterocycles. The van der Waals surface area contributed by atoms with Crippen molar-refractivity contribution in [3.05, 3.63) is 6.20 Å². The summed E-state index contributed by atoms with van der Waals surface area (Å²) >= 11 is 0.816. The summed E-state index contributed by atoms with van der Waals surface area (Å²) in [6, 6.07) is -1.34. The lowest BCUT2D eigenvalue weighted by Gasteiger charge is -2.27. The number of rotatable bonds is 15. The van der Waals surface area contributed by atoms with Crippen LogP contribution in [0.4, 0.5) is 16.4 Å². The summed E-state index contributed by atoms with van der Waals surface area (Å²) in [6.45, 7) is 1.22. The van der Waals surface area contributed by atoms with Gasteiger partial charge in [0.15, 0.2) is 0 Å². The summed E-state index contributed by atoms with van der Waals surface area (Å²) in [6.07, 6.45) is -0.574. The average molecular weight is 661 g/mol. The lowest BCUT2D eigenvalue weighted by Crippen LogP contribution is -2.40. The van der Waals surface area contributed by atoms with Crippen molar-refractivity contribution >= 4 is 47.6 Å². The maximum atomic E-state index is 14.2. The van der Waals surface area contributed by atoms with Crippen LogP contribution in [0.1, 0.15) is 33.6 Å². The van der Waals surface area contributed by atoms with Crippen LogP contribution in [-0.2, 0) is 28.2 Å². The Bertz CT molecular complexity index is 1290. The molecule has 3 aliphatic rings. The van der Waals surface area contributed by atoms with Crippen molar-refractivity contribution in [2.75, 3.05) is 51.3 Å². The zero-order chi connectivity index (χ0) is 32.4. The van der Waals surface area contributed by atoms with Crippen molar-refractivity contribution in [3.8, 4) is 5.88 Å². The molecule has 3 amide bonds. The summed E-state index contributed by atoms with van der Waals surface area (Å²) in [5.74, 6) is -1.09. The number of methoxy groups -OCH3 is 1. The van der Waals surface area contributed by atoms with Gasteiger partial charge in [-0.15, -0.1) is 0 Å². The molecule has 17 nitrogen and oxygen atoms in total. The molecule has 0 aromatic carbocycles. The first-order valence-electron chi connectivity index (χ1n) is 14.1. The first-order valence-corrected chi connectivity index (χ1v) is 17.3. The molecule has 1 aromatic heterocycles. The lowest BCUT2D eigenvalue weighted by molar-refractivity contribution is -0.150. The fourth-order valence-electron chi connectivity index (χ4n) is 4.74. The standard InChI is InChI=1S/C25H41N8O9PS/c1-13(2)41-22(36)25(7-8-25)31-43(38,44-11-16-21(35)33(5)24(37)32(16)4)40-10-17-18(34)14(3)19(42-17)29-12-28-15-9-27-23(26)30-20(15)39-6/h9,13-14,16-19,28-29,34H,7-8,10-12H2,1-6H3,(H,31,38)(H2,26,27,30)/t14?,16-,17?,18-,19?,43?/m0/s1. The molecule has 4 unspecified atom stereocenters. The molecule has 2 aliphatic heterocycles. The van der Waals surface area contributed by atoms with Crippen molar-refractivity contribution < 1.29 is 42.8 Å². The molecule has 1 saturated carbocycles. The molecular formula is C25H41N8O9PS. The van der Waals surface area contributed by atoms with Gasteiger partial charge in [0.2, 0.25) is 11.8 Å². The molecule has 44 heavy (non-hydrogen) atoms. The topological polar surface area (TPSA) is 220 Å². The number of nitrogens with one attached hydrogen (secondary N) is 3. The number of aromatic nitrogens is 2. The fourth-order valence-corrected chi connectivity index (χ4v) is 8.97. The molecule has 19 heteroatoms. The second-order valence-electron chi connectivity index (χ2n) is 11.2. The van der Waals surface area contributed by atoms with E-state index < -0.39 is 54.6 Å². The highest BCUT2D eigenvalue weighted by molar-refractivity contribution is 8.56. The number of esters is 1. The van der Waals surface area contributed by atoms with E-state index in [1.165, 1.54) is 32.3 Å². The number of nitrogens with zero attached hydrogens (tertiary/aromatic N) is 4. The number of hydrogen-bond acceptors (Lipinski definition) is 15. The Labute approximate surface area is 259 Å². The zero-order valence-electron chi connectivity index (χ0n) is 25.5. The largest absolute Gasteiger partial charge is 0.479 e. The summed E-state index contributed by atoms with van der Waals surface area (Å²) in [5, 5.41) is 20.0. The second-order valence-corrected chi connectivity index (χ2v) is 15.5. The fraction of sp³-hybridized carbons (Fsp3) is 0.720. The van der Waals surface area contributed by atoms with Gasteiger partial charge in [0.25, 0.3) is 5.91 Å². The molecule has 0 radical (unpaired) electrons. The van der Waals surface area contributed by atoms with Crippen LogP contribution in [0.2, 0.25) is 0 Å². The summed E-state index contributed by atoms with van der Waals surface area (Å²) in [4.78, 5) is 47.9. The second kappa shape index (κ2) is 13.7. The number of aliphatic hydroxyl groups excluding tert-OH is 1. The highest BCUT2D eigenvalue weighted by Crippen LogP contribution is 2.61. The van der Waals surface area contributed by atoms with E-state index in [4.69, 9.17) is 24.5 Å². The minimum absolute atomic E-state index is 0.0519. The van der Waals surface area contributed by atoms with Gasteiger partial charge < -0.3 is 39.8 Å². The number of anilines is 2. The molecule has 6 atom stereocenters. The number of urea groups is 1. The van der Waals surface area contributed by atoms with Gasteiger partial charge in [-0.25, -0.2) is 14.9 Å². The summed E-state index contributed by atoms with van der Waals surface area (Å²) in [5.41, 5.74) is 4.89. The van der Waals surface area contributed by atoms with Crippen molar-refractivity contribution in [1.82, 2.24) is 30.2 Å². The molecule has 0 spiro atoms. The van der Waals surface area contributed by atoms with E-state index in [1.54, 1.807) is 20.8 Å². The third-order valence-electron chi connectivity index (χ3n) is 7.58. The predicted molar refractivity (Wildman–Crippen MR) is 161 cm³/mol. The van der Waals surface area contributed by atoms with Gasteiger partial charge in [0.05, 0.1) is 38.8 Å². The van der Waals surface area contributed by atoms with Crippen LogP contribution >= 0.6 is 18.1 Å². The number of amides is 3. The number of carbonyl (C=O) groups is 3. The maximum absolute atomic E-state index is 14.2. The minimum Gasteiger partial charge on any atom is -0.479 e. The quantitative estimate of drug-likeness (QED) is 0.0751. The SMILES string of the molecule is COc1nc(N)ncc1NCNC1OC(COP(=O)(NC2(C(=O)OC(C)C)CC2)SC[C@H]2C(=O)N(C)C(=O)N2C)[C@@H](O)C1C. The van der Waals surface area contributed by atoms with E-state index >= 15 is 0 Å². The van der Waals surface area contributed by atoms with Crippen LogP contribution in [-0.4, -0.2) is 119 Å². The van der Waals surface area contributed by atoms with E-state index in [-0.39, 0.29) is 42.9 Å². The predicted octanol–water partition coefficient (Wildman–Crippen LogP) is 0.572. The maximum Gasteiger partial charge on any atom is 0.327 e. The van der Waals surface area contributed by atoms with Crippen molar-refractivity contribution in [2.45, 2.75) is 69.7 Å². The summed E-state index contributed by atoms with van der Waals surface area (Å²) < 4.78 is 36.7. The molecule has 4 rings (SSSR count). The van der Waals surface area contributed by atoms with Gasteiger partial charge in [0.1, 0.15) is 29.6 Å². The molecule has 3 fully saturated rings. The van der Waals surface area contributed by atoms with Crippen molar-refractivity contribution in [2.24, 2.45) is 5.92 Å². The van der Waals surface area contributed by atoms with Crippen LogP contribution < -0.4 is 26.2 Å². The van der Waals surface area contributed by atoms with E-state index in [1.807, 2.05) is 0 Å². The Hall–Kier alpha value is -2.73. The third kappa shape index (κ3) is 7.55. The lowest BCUT2D eigenvalue weighted by atomic mass is 10.0. The number of aliphatic hydroxyl groups is 1. The number of ether oxygens (including phenoxy) is 3. The van der Waals surface area contributed by atoms with E-state index in [0.717, 1.165) is 16.3 Å². The van der Waals surface area contributed by atoms with E-state index in [9.17, 15) is 24.1 Å². The Morgan fingerprint density at radius 3 is 2.64 bits per heavy atom. The number of hydrogen-bond donors (Lipinski definition) is 5. The first-order chi connectivity index (χ1) is 20.7. The first kappa shape index (κ1) is 34.1. The molecule has 246 valence electrons. The molecule has 0 bridgehead atoms. The van der Waals surface area contributed by atoms with E-state index in [2.05, 4.69) is 25.7 Å². The van der Waals surface area contributed by atoms with E-state index in [0.29, 0.717) is 18.5 Å². The Morgan fingerprint density at radius 1 is 1.34 bits per heavy atom. The van der Waals surface area contributed by atoms with Crippen molar-refractivity contribution in [3.63, 3.8) is 0 Å². The van der Waals surface area contributed by atoms with Gasteiger partial charge in [-0.05, 0) is 26.7 Å². The Balaban J connectivity index is 1.40. The van der Waals surface area contributed by atoms with Gasteiger partial charge in [-0.1, -0.05) is 18.3 Å². The molecule has 6 N–H and O–H groups in total. The number of nitrogen functional groups attached to an aromatic ring is 1.